The predicted octanol–water partition coefficient (Wildman–Crippen LogP) is 3.21. The smallest absolute Gasteiger partial charge is 0.0892 e. The molecule has 1 saturated carbocycles. The Kier molecular flexibility index (Phi) is 7.31. The second-order valence-corrected chi connectivity index (χ2v) is 8.44. The van der Waals surface area contributed by atoms with Crippen LogP contribution in [0.15, 0.2) is 0 Å². The third-order valence-electron chi connectivity index (χ3n) is 7.11. The lowest BCUT2D eigenvalue weighted by molar-refractivity contribution is -0.952. The van der Waals surface area contributed by atoms with Gasteiger partial charge in [0.05, 0.1) is 52.4 Å². The summed E-state index contributed by atoms with van der Waals surface area (Å²) in [6.07, 6.45) is 14.9. The Morgan fingerprint density at radius 3 is 1.05 bits per heavy atom. The monoisotopic (exact) mass is 314 g/mol. The van der Waals surface area contributed by atoms with Gasteiger partial charge in [-0.25, -0.2) is 0 Å². The van der Waals surface area contributed by atoms with E-state index in [-0.39, 0.29) is 11.0 Å². The molecule has 2 N–H and O–H groups in total. The van der Waals surface area contributed by atoms with Crippen LogP contribution < -0.4 is 0 Å². The first-order valence-corrected chi connectivity index (χ1v) is 9.31. The molecule has 0 bridgehead atoms. The van der Waals surface area contributed by atoms with E-state index in [1.165, 1.54) is 99.4 Å². The normalized spacial score (nSPS) is 34.1. The molecule has 3 rings (SSSR count). The number of hydrogen-bond acceptors (Lipinski definition) is 2. The fraction of sp³-hybridized carbons (Fsp3) is 1.00. The maximum atomic E-state index is 2.56. The molecule has 0 spiro atoms. The molecule has 0 atom stereocenters. The minimum absolute atomic E-state index is 0. The van der Waals surface area contributed by atoms with Crippen molar-refractivity contribution in [1.82, 2.24) is 0 Å². The van der Waals surface area contributed by atoms with Crippen LogP contribution in [-0.2, 0) is 0 Å². The third-order valence-corrected chi connectivity index (χ3v) is 7.11. The van der Waals surface area contributed by atoms with Crippen LogP contribution in [0.1, 0.15) is 64.2 Å². The van der Waals surface area contributed by atoms with Crippen LogP contribution in [0.25, 0.3) is 0 Å². The molecular weight excluding hydrogens is 276 g/mol. The number of hydrogen-bond donors (Lipinski definition) is 0. The van der Waals surface area contributed by atoms with E-state index in [0.29, 0.717) is 0 Å². The van der Waals surface area contributed by atoms with Crippen molar-refractivity contribution in [2.45, 2.75) is 76.3 Å². The Bertz CT molecular complexity index is 283. The number of piperidine rings is 2. The van der Waals surface area contributed by atoms with Crippen molar-refractivity contribution >= 4 is 0 Å². The maximum absolute atomic E-state index is 2.56. The second-order valence-electron chi connectivity index (χ2n) is 8.44. The van der Waals surface area contributed by atoms with Crippen LogP contribution in [0.3, 0.4) is 0 Å². The summed E-state index contributed by atoms with van der Waals surface area (Å²) in [6.45, 7) is 5.84. The van der Waals surface area contributed by atoms with Crippen LogP contribution in [0.4, 0.5) is 0 Å². The average Bonchev–Trinajstić information content (AvgIpc) is 2.49. The molecule has 3 aliphatic rings. The molecule has 0 unspecified atom stereocenters. The van der Waals surface area contributed by atoms with E-state index in [1.54, 1.807) is 0 Å². The van der Waals surface area contributed by atoms with E-state index in [2.05, 4.69) is 14.1 Å². The topological polar surface area (TPSA) is 60.0 Å². The average molecular weight is 315 g/mol. The molecule has 4 heteroatoms. The van der Waals surface area contributed by atoms with Gasteiger partial charge in [-0.15, -0.1) is 0 Å². The zero-order valence-electron chi connectivity index (χ0n) is 14.8. The molecule has 132 valence electrons. The lowest BCUT2D eigenvalue weighted by Gasteiger charge is -2.50. The van der Waals surface area contributed by atoms with E-state index in [9.17, 15) is 0 Å². The standard InChI is InChI=1S/C18H36N2.2H2O/c1-19(13-5-3-6-14-19)17-9-11-18(12-10-17)20(2)15-7-4-8-16-20;;/h17-18H,3-16H2,1-2H3;2*1H2/q+2;;/p-2. The van der Waals surface area contributed by atoms with Crippen molar-refractivity contribution in [3.05, 3.63) is 0 Å². The second kappa shape index (κ2) is 8.09. The number of nitrogens with zero attached hydrogens (tertiary/aromatic N) is 2. The van der Waals surface area contributed by atoms with Gasteiger partial charge in [0.2, 0.25) is 0 Å². The zero-order valence-corrected chi connectivity index (χ0v) is 14.8. The van der Waals surface area contributed by atoms with Crippen LogP contribution in [0.5, 0.6) is 0 Å². The molecule has 22 heavy (non-hydrogen) atoms. The summed E-state index contributed by atoms with van der Waals surface area (Å²) in [4.78, 5) is 0. The molecule has 3 fully saturated rings. The Hall–Kier alpha value is -0.160. The fourth-order valence-corrected chi connectivity index (χ4v) is 5.50. The summed E-state index contributed by atoms with van der Waals surface area (Å²) in [5.74, 6) is 0. The molecular formula is C18H38N2O2. The van der Waals surface area contributed by atoms with Gasteiger partial charge in [0.1, 0.15) is 0 Å². The summed E-state index contributed by atoms with van der Waals surface area (Å²) in [7, 11) is 5.11. The quantitative estimate of drug-likeness (QED) is 0.735. The lowest BCUT2D eigenvalue weighted by Crippen LogP contribution is -2.60. The van der Waals surface area contributed by atoms with Gasteiger partial charge < -0.3 is 19.9 Å². The molecule has 4 nitrogen and oxygen atoms in total. The first-order valence-electron chi connectivity index (χ1n) is 9.31. The van der Waals surface area contributed by atoms with Crippen molar-refractivity contribution < 1.29 is 19.9 Å². The van der Waals surface area contributed by atoms with Crippen LogP contribution in [0.2, 0.25) is 0 Å². The largest absolute Gasteiger partial charge is 0.870 e. The SMILES string of the molecule is C[N+]1(C2CCC([N+]3(C)CCCCC3)CC2)CCCCC1.[OH-].[OH-]. The van der Waals surface area contributed by atoms with Gasteiger partial charge in [-0.1, -0.05) is 0 Å². The lowest BCUT2D eigenvalue weighted by atomic mass is 9.85. The Labute approximate surface area is 137 Å². The van der Waals surface area contributed by atoms with Gasteiger partial charge in [0.15, 0.2) is 0 Å². The fourth-order valence-electron chi connectivity index (χ4n) is 5.50. The van der Waals surface area contributed by atoms with Gasteiger partial charge >= 0.3 is 0 Å². The third kappa shape index (κ3) is 4.02. The molecule has 1 aliphatic carbocycles. The first-order chi connectivity index (χ1) is 9.62. The van der Waals surface area contributed by atoms with Crippen LogP contribution in [-0.4, -0.2) is 72.3 Å². The van der Waals surface area contributed by atoms with E-state index in [0.717, 1.165) is 12.1 Å². The van der Waals surface area contributed by atoms with E-state index in [1.807, 2.05) is 0 Å². The number of quaternary nitrogens is 2. The van der Waals surface area contributed by atoms with E-state index in [4.69, 9.17) is 0 Å². The van der Waals surface area contributed by atoms with Crippen molar-refractivity contribution in [3.8, 4) is 0 Å². The summed E-state index contributed by atoms with van der Waals surface area (Å²) >= 11 is 0. The zero-order chi connectivity index (χ0) is 14.1. The van der Waals surface area contributed by atoms with Gasteiger partial charge in [0, 0.05) is 25.7 Å². The van der Waals surface area contributed by atoms with E-state index >= 15 is 0 Å². The molecule has 2 aliphatic heterocycles. The highest BCUT2D eigenvalue weighted by atomic mass is 16.0. The molecule has 0 aromatic heterocycles. The summed E-state index contributed by atoms with van der Waals surface area (Å²) in [5, 5.41) is 0. The minimum atomic E-state index is 0. The molecule has 0 aromatic carbocycles. The van der Waals surface area contributed by atoms with Crippen LogP contribution >= 0.6 is 0 Å². The van der Waals surface area contributed by atoms with Gasteiger partial charge in [-0.2, -0.15) is 0 Å². The molecule has 2 saturated heterocycles. The summed E-state index contributed by atoms with van der Waals surface area (Å²) in [6, 6.07) is 1.98. The Morgan fingerprint density at radius 1 is 0.500 bits per heavy atom. The molecule has 0 aromatic rings. The Morgan fingerprint density at radius 2 is 0.773 bits per heavy atom. The highest BCUT2D eigenvalue weighted by Crippen LogP contribution is 2.35. The Balaban J connectivity index is 0.00000121. The predicted molar refractivity (Wildman–Crippen MR) is 89.5 cm³/mol. The molecule has 2 heterocycles. The summed E-state index contributed by atoms with van der Waals surface area (Å²) < 4.78 is 2.83. The van der Waals surface area contributed by atoms with Crippen molar-refractivity contribution in [3.63, 3.8) is 0 Å². The van der Waals surface area contributed by atoms with Gasteiger partial charge in [-0.05, 0) is 38.5 Å². The van der Waals surface area contributed by atoms with Crippen LogP contribution in [0, 0.1) is 0 Å². The number of rotatable bonds is 2. The first kappa shape index (κ1) is 19.9. The molecule has 0 radical (unpaired) electrons. The summed E-state index contributed by atoms with van der Waals surface area (Å²) in [5.41, 5.74) is 0. The van der Waals surface area contributed by atoms with Crippen molar-refractivity contribution in [2.75, 3.05) is 40.3 Å². The highest BCUT2D eigenvalue weighted by molar-refractivity contribution is 4.76. The maximum Gasteiger partial charge on any atom is 0.0892 e. The highest BCUT2D eigenvalue weighted by Gasteiger charge is 2.42. The van der Waals surface area contributed by atoms with Crippen molar-refractivity contribution in [2.24, 2.45) is 0 Å². The van der Waals surface area contributed by atoms with E-state index < -0.39 is 0 Å². The van der Waals surface area contributed by atoms with Gasteiger partial charge in [-0.3, -0.25) is 0 Å². The van der Waals surface area contributed by atoms with Crippen molar-refractivity contribution in [1.29, 1.82) is 0 Å². The van der Waals surface area contributed by atoms with Gasteiger partial charge in [0.25, 0.3) is 0 Å². The number of likely N-dealkylation sites (tertiary alicyclic amines) is 2. The molecule has 0 amide bonds. The minimum Gasteiger partial charge on any atom is -0.870 e.